The molecule has 0 fully saturated rings. The van der Waals surface area contributed by atoms with E-state index in [-0.39, 0.29) is 18.1 Å². The van der Waals surface area contributed by atoms with Crippen LogP contribution in [0.15, 0.2) is 24.5 Å². The van der Waals surface area contributed by atoms with Crippen LogP contribution < -0.4 is 0 Å². The Bertz CT molecular complexity index is 683. The van der Waals surface area contributed by atoms with E-state index in [0.29, 0.717) is 25.2 Å². The molecule has 2 atom stereocenters. The number of amides is 1. The van der Waals surface area contributed by atoms with Crippen LogP contribution in [0.25, 0.3) is 0 Å². The second-order valence-electron chi connectivity index (χ2n) is 5.93. The van der Waals surface area contributed by atoms with Gasteiger partial charge in [0.05, 0.1) is 17.9 Å². The normalized spacial score (nSPS) is 20.1. The van der Waals surface area contributed by atoms with Crippen molar-refractivity contribution in [2.45, 2.75) is 45.9 Å². The van der Waals surface area contributed by atoms with Gasteiger partial charge in [-0.3, -0.25) is 14.9 Å². The Morgan fingerprint density at radius 2 is 2.13 bits per heavy atom. The molecule has 0 saturated heterocycles. The van der Waals surface area contributed by atoms with E-state index < -0.39 is 0 Å². The Morgan fingerprint density at radius 3 is 2.83 bits per heavy atom. The second kappa shape index (κ2) is 6.50. The molecule has 0 radical (unpaired) electrons. The molecule has 1 aliphatic heterocycles. The van der Waals surface area contributed by atoms with Crippen LogP contribution in [0.5, 0.6) is 0 Å². The summed E-state index contributed by atoms with van der Waals surface area (Å²) in [6, 6.07) is 3.85. The number of aromatic nitrogens is 3. The summed E-state index contributed by atoms with van der Waals surface area (Å²) >= 11 is 0. The zero-order chi connectivity index (χ0) is 16.4. The van der Waals surface area contributed by atoms with E-state index in [2.05, 4.69) is 15.2 Å². The summed E-state index contributed by atoms with van der Waals surface area (Å²) in [4.78, 5) is 18.7. The van der Waals surface area contributed by atoms with Gasteiger partial charge in [-0.1, -0.05) is 0 Å². The molecule has 3 rings (SSSR count). The molecule has 0 bridgehead atoms. The van der Waals surface area contributed by atoms with Crippen LogP contribution in [0.3, 0.4) is 0 Å². The first-order chi connectivity index (χ1) is 11.1. The van der Waals surface area contributed by atoms with Gasteiger partial charge in [-0.25, -0.2) is 0 Å². The lowest BCUT2D eigenvalue weighted by molar-refractivity contribution is -0.00702. The van der Waals surface area contributed by atoms with Crippen molar-refractivity contribution in [1.29, 1.82) is 0 Å². The van der Waals surface area contributed by atoms with Crippen molar-refractivity contribution in [1.82, 2.24) is 20.1 Å². The Hall–Kier alpha value is -2.21. The van der Waals surface area contributed by atoms with Crippen molar-refractivity contribution in [3.05, 3.63) is 47.0 Å². The number of nitrogens with one attached hydrogen (secondary N) is 1. The molecular formula is C17H22N4O2. The molecule has 2 aromatic heterocycles. The Kier molecular flexibility index (Phi) is 4.43. The SMILES string of the molecule is CCN(Cc1ccncc1)C(=O)c1n[nH]c2c1C[C@H](C)O[C@@H]2C. The van der Waals surface area contributed by atoms with Gasteiger partial charge in [-0.05, 0) is 38.5 Å². The number of ether oxygens (including phenoxy) is 1. The minimum absolute atomic E-state index is 0.0388. The van der Waals surface area contributed by atoms with Gasteiger partial charge in [0.1, 0.15) is 0 Å². The number of carbonyl (C=O) groups is 1. The van der Waals surface area contributed by atoms with Crippen LogP contribution in [0.4, 0.5) is 0 Å². The number of rotatable bonds is 4. The van der Waals surface area contributed by atoms with Crippen LogP contribution in [-0.2, 0) is 17.7 Å². The van der Waals surface area contributed by atoms with Crippen molar-refractivity contribution >= 4 is 5.91 Å². The molecule has 6 heteroatoms. The number of H-pyrrole nitrogens is 1. The minimum Gasteiger partial charge on any atom is -0.369 e. The van der Waals surface area contributed by atoms with Gasteiger partial charge in [-0.15, -0.1) is 0 Å². The monoisotopic (exact) mass is 314 g/mol. The summed E-state index contributed by atoms with van der Waals surface area (Å²) < 4.78 is 5.79. The summed E-state index contributed by atoms with van der Waals surface area (Å²) in [6.07, 6.45) is 4.23. The topological polar surface area (TPSA) is 71.1 Å². The number of aromatic amines is 1. The number of pyridine rings is 1. The molecule has 6 nitrogen and oxygen atoms in total. The number of fused-ring (bicyclic) bond motifs is 1. The highest BCUT2D eigenvalue weighted by atomic mass is 16.5. The van der Waals surface area contributed by atoms with Crippen LogP contribution in [-0.4, -0.2) is 38.6 Å². The fourth-order valence-electron chi connectivity index (χ4n) is 3.04. The largest absolute Gasteiger partial charge is 0.369 e. The number of hydrogen-bond acceptors (Lipinski definition) is 4. The lowest BCUT2D eigenvalue weighted by Crippen LogP contribution is -2.32. The summed E-state index contributed by atoms with van der Waals surface area (Å²) in [5.74, 6) is -0.0388. The summed E-state index contributed by atoms with van der Waals surface area (Å²) in [6.45, 7) is 7.17. The quantitative estimate of drug-likeness (QED) is 0.941. The van der Waals surface area contributed by atoms with Crippen molar-refractivity contribution in [2.75, 3.05) is 6.54 Å². The van der Waals surface area contributed by atoms with E-state index in [1.54, 1.807) is 17.3 Å². The predicted molar refractivity (Wildman–Crippen MR) is 85.9 cm³/mol. The molecule has 0 spiro atoms. The summed E-state index contributed by atoms with van der Waals surface area (Å²) in [7, 11) is 0. The average Bonchev–Trinajstić information content (AvgIpc) is 2.97. The zero-order valence-electron chi connectivity index (χ0n) is 13.7. The maximum absolute atomic E-state index is 12.9. The van der Waals surface area contributed by atoms with Crippen LogP contribution in [0.2, 0.25) is 0 Å². The van der Waals surface area contributed by atoms with Crippen molar-refractivity contribution in [3.63, 3.8) is 0 Å². The van der Waals surface area contributed by atoms with E-state index in [1.807, 2.05) is 32.9 Å². The smallest absolute Gasteiger partial charge is 0.274 e. The molecule has 1 amide bonds. The first kappa shape index (κ1) is 15.7. The van der Waals surface area contributed by atoms with E-state index in [0.717, 1.165) is 16.8 Å². The third-order valence-corrected chi connectivity index (χ3v) is 4.23. The highest BCUT2D eigenvalue weighted by Gasteiger charge is 2.31. The van der Waals surface area contributed by atoms with Crippen LogP contribution >= 0.6 is 0 Å². The molecule has 1 N–H and O–H groups in total. The predicted octanol–water partition coefficient (Wildman–Crippen LogP) is 2.49. The first-order valence-electron chi connectivity index (χ1n) is 8.01. The Labute approximate surface area is 135 Å². The van der Waals surface area contributed by atoms with Crippen molar-refractivity contribution in [3.8, 4) is 0 Å². The highest BCUT2D eigenvalue weighted by molar-refractivity contribution is 5.94. The van der Waals surface area contributed by atoms with Gasteiger partial charge in [0.15, 0.2) is 5.69 Å². The number of hydrogen-bond donors (Lipinski definition) is 1. The maximum Gasteiger partial charge on any atom is 0.274 e. The summed E-state index contributed by atoms with van der Waals surface area (Å²) in [5.41, 5.74) is 3.50. The number of carbonyl (C=O) groups excluding carboxylic acids is 1. The van der Waals surface area contributed by atoms with Crippen LogP contribution in [0.1, 0.15) is 54.2 Å². The van der Waals surface area contributed by atoms with Crippen molar-refractivity contribution < 1.29 is 9.53 Å². The molecule has 0 saturated carbocycles. The second-order valence-corrected chi connectivity index (χ2v) is 5.93. The van der Waals surface area contributed by atoms with E-state index in [9.17, 15) is 4.79 Å². The minimum atomic E-state index is -0.0573. The molecule has 2 aromatic rings. The lowest BCUT2D eigenvalue weighted by Gasteiger charge is -2.26. The molecule has 122 valence electrons. The van der Waals surface area contributed by atoms with Gasteiger partial charge in [0.2, 0.25) is 0 Å². The zero-order valence-corrected chi connectivity index (χ0v) is 13.7. The standard InChI is InChI=1S/C17H22N4O2/c1-4-21(10-13-5-7-18-8-6-13)17(22)16-14-9-11(2)23-12(3)15(14)19-20-16/h5-8,11-12H,4,9-10H2,1-3H3,(H,19,20)/t11-,12+/m0/s1. The van der Waals surface area contributed by atoms with Crippen LogP contribution in [0, 0.1) is 0 Å². The first-order valence-corrected chi connectivity index (χ1v) is 8.01. The van der Waals surface area contributed by atoms with Crippen molar-refractivity contribution in [2.24, 2.45) is 0 Å². The van der Waals surface area contributed by atoms with Gasteiger partial charge in [-0.2, -0.15) is 5.10 Å². The van der Waals surface area contributed by atoms with E-state index in [4.69, 9.17) is 4.74 Å². The third-order valence-electron chi connectivity index (χ3n) is 4.23. The van der Waals surface area contributed by atoms with Gasteiger partial charge >= 0.3 is 0 Å². The third kappa shape index (κ3) is 3.12. The molecule has 0 unspecified atom stereocenters. The Morgan fingerprint density at radius 1 is 1.39 bits per heavy atom. The molecule has 3 heterocycles. The number of nitrogens with zero attached hydrogens (tertiary/aromatic N) is 3. The van der Waals surface area contributed by atoms with E-state index in [1.165, 1.54) is 0 Å². The molecule has 0 aromatic carbocycles. The fraction of sp³-hybridized carbons (Fsp3) is 0.471. The molecule has 0 aliphatic carbocycles. The van der Waals surface area contributed by atoms with Gasteiger partial charge in [0.25, 0.3) is 5.91 Å². The Balaban J connectivity index is 1.85. The molecule has 23 heavy (non-hydrogen) atoms. The van der Waals surface area contributed by atoms with Gasteiger partial charge in [0, 0.05) is 37.5 Å². The maximum atomic E-state index is 12.9. The fourth-order valence-corrected chi connectivity index (χ4v) is 3.04. The highest BCUT2D eigenvalue weighted by Crippen LogP contribution is 2.30. The van der Waals surface area contributed by atoms with E-state index >= 15 is 0 Å². The molecular weight excluding hydrogens is 292 g/mol. The molecule has 1 aliphatic rings. The summed E-state index contributed by atoms with van der Waals surface area (Å²) in [5, 5.41) is 7.27. The van der Waals surface area contributed by atoms with Gasteiger partial charge < -0.3 is 9.64 Å². The average molecular weight is 314 g/mol. The lowest BCUT2D eigenvalue weighted by atomic mass is 9.99.